The Bertz CT molecular complexity index is 1260. The summed E-state index contributed by atoms with van der Waals surface area (Å²) in [5.74, 6) is 1.23. The third-order valence-electron chi connectivity index (χ3n) is 6.48. The molecule has 1 aliphatic heterocycles. The fraction of sp³-hybridized carbons (Fsp3) is 0.250. The number of aryl methyl sites for hydroxylation is 1. The highest BCUT2D eigenvalue weighted by Gasteiger charge is 2.27. The zero-order valence-corrected chi connectivity index (χ0v) is 22.4. The Morgan fingerprint density at radius 1 is 0.970 bits per heavy atom. The summed E-state index contributed by atoms with van der Waals surface area (Å²) in [5, 5.41) is 5.16. The zero-order chi connectivity index (χ0) is 22.1. The van der Waals surface area contributed by atoms with Gasteiger partial charge in [-0.25, -0.2) is 0 Å². The van der Waals surface area contributed by atoms with Crippen LogP contribution in [-0.2, 0) is 13.5 Å². The Kier molecular flexibility index (Phi) is 7.39. The summed E-state index contributed by atoms with van der Waals surface area (Å²) in [6.07, 6.45) is 10.3. The molecule has 2 aromatic carbocycles. The van der Waals surface area contributed by atoms with Gasteiger partial charge in [-0.3, -0.25) is 0 Å². The molecule has 1 atom stereocenters. The van der Waals surface area contributed by atoms with Crippen molar-refractivity contribution in [3.63, 3.8) is 0 Å². The van der Waals surface area contributed by atoms with Gasteiger partial charge in [-0.15, -0.1) is 0 Å². The second kappa shape index (κ2) is 10.3. The first kappa shape index (κ1) is 23.8. The third-order valence-corrected chi connectivity index (χ3v) is 7.70. The summed E-state index contributed by atoms with van der Waals surface area (Å²) in [6.45, 7) is 6.44. The van der Waals surface area contributed by atoms with E-state index in [0.29, 0.717) is 0 Å². The molecule has 3 nitrogen and oxygen atoms in total. The average Bonchev–Trinajstić information content (AvgIpc) is 3.15. The van der Waals surface area contributed by atoms with Crippen LogP contribution in [-0.4, -0.2) is 24.0 Å². The van der Waals surface area contributed by atoms with E-state index in [0.717, 1.165) is 19.5 Å². The van der Waals surface area contributed by atoms with Crippen molar-refractivity contribution in [1.82, 2.24) is 10.2 Å². The molecule has 1 aliphatic carbocycles. The van der Waals surface area contributed by atoms with Crippen LogP contribution < -0.4 is 33.9 Å². The summed E-state index contributed by atoms with van der Waals surface area (Å²) in [5.41, 5.74) is 6.62. The highest BCUT2D eigenvalue weighted by atomic mass is 127. The molecule has 0 fully saturated rings. The van der Waals surface area contributed by atoms with Crippen LogP contribution in [0.2, 0.25) is 0 Å². The maximum atomic E-state index is 3.78. The standard InChI is InChI=1S/C28H30N3S.HI/c1-4-31(5-2)27-18-22(19-28-30(3)25-13-9-10-14-26(25)32-28)23-17-21(15-16-24(23)29-27)20-11-7-6-8-12-20;/h6-18,24,29H,4-5,19H2,1-3H3;1H/q+1;/p-1. The van der Waals surface area contributed by atoms with E-state index in [-0.39, 0.29) is 30.0 Å². The second-order valence-electron chi connectivity index (χ2n) is 8.33. The average molecular weight is 568 g/mol. The number of hydrogen-bond acceptors (Lipinski definition) is 3. The van der Waals surface area contributed by atoms with Gasteiger partial charge >= 0.3 is 0 Å². The summed E-state index contributed by atoms with van der Waals surface area (Å²) >= 11 is 1.90. The molecule has 5 rings (SSSR count). The van der Waals surface area contributed by atoms with Crippen LogP contribution in [0.25, 0.3) is 15.8 Å². The Labute approximate surface area is 217 Å². The van der Waals surface area contributed by atoms with Crippen LogP contribution in [0.1, 0.15) is 24.4 Å². The fourth-order valence-electron chi connectivity index (χ4n) is 4.65. The van der Waals surface area contributed by atoms with Crippen molar-refractivity contribution in [3.05, 3.63) is 106 Å². The Hall–Kier alpha value is -2.38. The van der Waals surface area contributed by atoms with Crippen molar-refractivity contribution in [3.8, 4) is 0 Å². The summed E-state index contributed by atoms with van der Waals surface area (Å²) in [6, 6.07) is 19.6. The maximum Gasteiger partial charge on any atom is 0.242 e. The van der Waals surface area contributed by atoms with Gasteiger partial charge in [0.1, 0.15) is 17.6 Å². The lowest BCUT2D eigenvalue weighted by molar-refractivity contribution is -0.647. The summed E-state index contributed by atoms with van der Waals surface area (Å²) in [4.78, 5) is 2.41. The third kappa shape index (κ3) is 4.66. The quantitative estimate of drug-likeness (QED) is 0.365. The summed E-state index contributed by atoms with van der Waals surface area (Å²) in [7, 11) is 2.19. The molecule has 1 unspecified atom stereocenters. The van der Waals surface area contributed by atoms with E-state index in [1.807, 2.05) is 11.3 Å². The van der Waals surface area contributed by atoms with Crippen molar-refractivity contribution in [2.24, 2.45) is 7.05 Å². The molecule has 33 heavy (non-hydrogen) atoms. The van der Waals surface area contributed by atoms with Crippen LogP contribution in [0, 0.1) is 0 Å². The first-order chi connectivity index (χ1) is 15.7. The number of nitrogens with one attached hydrogen (secondary N) is 1. The molecule has 0 saturated heterocycles. The van der Waals surface area contributed by atoms with Crippen molar-refractivity contribution in [1.29, 1.82) is 0 Å². The predicted molar refractivity (Wildman–Crippen MR) is 135 cm³/mol. The number of rotatable bonds is 6. The fourth-order valence-corrected chi connectivity index (χ4v) is 5.83. The SMILES string of the molecule is CCN(CC)C1=CC(Cc2sc3ccccc3[n+]2C)=C2C=C(c3ccccc3)C=CC2N1.[I-]. The smallest absolute Gasteiger partial charge is 0.242 e. The van der Waals surface area contributed by atoms with Gasteiger partial charge in [0.15, 0.2) is 0 Å². The number of aromatic nitrogens is 1. The zero-order valence-electron chi connectivity index (χ0n) is 19.4. The number of dihydropyridines is 1. The molecule has 5 heteroatoms. The van der Waals surface area contributed by atoms with E-state index in [9.17, 15) is 0 Å². The molecule has 0 spiro atoms. The van der Waals surface area contributed by atoms with Crippen molar-refractivity contribution in [2.75, 3.05) is 13.1 Å². The molecule has 2 aliphatic rings. The lowest BCUT2D eigenvalue weighted by atomic mass is 9.87. The first-order valence-electron chi connectivity index (χ1n) is 11.5. The molecule has 3 aromatic rings. The molecule has 0 bridgehead atoms. The van der Waals surface area contributed by atoms with E-state index in [1.54, 1.807) is 0 Å². The molecule has 0 amide bonds. The predicted octanol–water partition coefficient (Wildman–Crippen LogP) is 2.38. The van der Waals surface area contributed by atoms with E-state index in [1.165, 1.54) is 43.3 Å². The first-order valence-corrected chi connectivity index (χ1v) is 12.3. The van der Waals surface area contributed by atoms with Crippen molar-refractivity contribution in [2.45, 2.75) is 26.3 Å². The van der Waals surface area contributed by atoms with Crippen LogP contribution in [0.15, 0.2) is 95.9 Å². The number of nitrogens with zero attached hydrogens (tertiary/aromatic N) is 2. The van der Waals surface area contributed by atoms with E-state index < -0.39 is 0 Å². The van der Waals surface area contributed by atoms with Gasteiger partial charge in [0.2, 0.25) is 10.5 Å². The van der Waals surface area contributed by atoms with Gasteiger partial charge < -0.3 is 34.2 Å². The van der Waals surface area contributed by atoms with Gasteiger partial charge in [0.25, 0.3) is 0 Å². The number of benzene rings is 2. The van der Waals surface area contributed by atoms with Gasteiger partial charge in [0.05, 0.1) is 12.5 Å². The highest BCUT2D eigenvalue weighted by Crippen LogP contribution is 2.33. The number of fused-ring (bicyclic) bond motifs is 2. The van der Waals surface area contributed by atoms with Gasteiger partial charge in [-0.1, -0.05) is 66.0 Å². The monoisotopic (exact) mass is 567 g/mol. The lowest BCUT2D eigenvalue weighted by Gasteiger charge is -2.35. The number of halogens is 1. The Morgan fingerprint density at radius 2 is 1.70 bits per heavy atom. The summed E-state index contributed by atoms with van der Waals surface area (Å²) < 4.78 is 3.70. The van der Waals surface area contributed by atoms with Gasteiger partial charge in [-0.05, 0) is 54.3 Å². The van der Waals surface area contributed by atoms with Gasteiger partial charge in [-0.2, -0.15) is 4.57 Å². The number of allylic oxidation sites excluding steroid dienone is 4. The van der Waals surface area contributed by atoms with Crippen molar-refractivity contribution < 1.29 is 28.5 Å². The Morgan fingerprint density at radius 3 is 2.42 bits per heavy atom. The minimum atomic E-state index is 0. The van der Waals surface area contributed by atoms with Crippen LogP contribution in [0.4, 0.5) is 0 Å². The topological polar surface area (TPSA) is 19.1 Å². The molecule has 170 valence electrons. The molecule has 0 radical (unpaired) electrons. The number of thiazole rings is 1. The number of para-hydroxylation sites is 1. The van der Waals surface area contributed by atoms with E-state index in [2.05, 4.69) is 115 Å². The van der Waals surface area contributed by atoms with Crippen LogP contribution >= 0.6 is 11.3 Å². The molecule has 1 N–H and O–H groups in total. The minimum absolute atomic E-state index is 0. The van der Waals surface area contributed by atoms with Crippen LogP contribution in [0.5, 0.6) is 0 Å². The Balaban J connectivity index is 0.00000259. The molecule has 2 heterocycles. The molecule has 1 aromatic heterocycles. The molecular formula is C28H30IN3S. The normalized spacial score (nSPS) is 17.1. The van der Waals surface area contributed by atoms with E-state index in [4.69, 9.17) is 0 Å². The number of hydrogen-bond donors (Lipinski definition) is 1. The molecular weight excluding hydrogens is 537 g/mol. The van der Waals surface area contributed by atoms with Crippen molar-refractivity contribution >= 4 is 27.1 Å². The maximum absolute atomic E-state index is 3.78. The van der Waals surface area contributed by atoms with Crippen LogP contribution in [0.3, 0.4) is 0 Å². The van der Waals surface area contributed by atoms with E-state index >= 15 is 0 Å². The second-order valence-corrected chi connectivity index (χ2v) is 9.44. The highest BCUT2D eigenvalue weighted by molar-refractivity contribution is 7.18. The lowest BCUT2D eigenvalue weighted by Crippen LogP contribution is -3.00. The van der Waals surface area contributed by atoms with Gasteiger partial charge in [0, 0.05) is 19.2 Å². The minimum Gasteiger partial charge on any atom is -1.00 e. The largest absolute Gasteiger partial charge is 1.00 e. The molecule has 0 saturated carbocycles.